The van der Waals surface area contributed by atoms with Crippen LogP contribution in [0.5, 0.6) is 0 Å². The molecule has 0 bridgehead atoms. The molecule has 0 fully saturated rings. The number of H-pyrrole nitrogens is 2. The molecule has 5 heteroatoms. The number of hydrogen-bond acceptors (Lipinski definition) is 3. The number of nitrogens with one attached hydrogen (secondary N) is 2. The maximum atomic E-state index is 12.0. The SMILES string of the molecule is CC(C)c1[nH]nc2c(=O)[nH]c(-c3ccccc3)nc12. The molecule has 2 aromatic heterocycles. The summed E-state index contributed by atoms with van der Waals surface area (Å²) in [5.74, 6) is 0.810. The van der Waals surface area contributed by atoms with Crippen molar-refractivity contribution in [1.29, 1.82) is 0 Å². The molecule has 5 nitrogen and oxygen atoms in total. The Bertz CT molecular complexity index is 771. The van der Waals surface area contributed by atoms with E-state index in [9.17, 15) is 4.79 Å². The zero-order valence-electron chi connectivity index (χ0n) is 10.8. The van der Waals surface area contributed by atoms with Gasteiger partial charge in [0.05, 0.1) is 5.69 Å². The highest BCUT2D eigenvalue weighted by Crippen LogP contribution is 2.21. The van der Waals surface area contributed by atoms with Gasteiger partial charge in [-0.15, -0.1) is 0 Å². The van der Waals surface area contributed by atoms with Gasteiger partial charge in [-0.05, 0) is 5.92 Å². The highest BCUT2D eigenvalue weighted by Gasteiger charge is 2.14. The van der Waals surface area contributed by atoms with E-state index < -0.39 is 0 Å². The summed E-state index contributed by atoms with van der Waals surface area (Å²) in [5.41, 5.74) is 2.57. The van der Waals surface area contributed by atoms with Crippen LogP contribution in [0.15, 0.2) is 35.1 Å². The molecule has 0 radical (unpaired) electrons. The summed E-state index contributed by atoms with van der Waals surface area (Å²) in [6, 6.07) is 9.59. The van der Waals surface area contributed by atoms with E-state index in [2.05, 4.69) is 20.2 Å². The van der Waals surface area contributed by atoms with Crippen molar-refractivity contribution in [1.82, 2.24) is 20.2 Å². The number of aromatic amines is 2. The van der Waals surface area contributed by atoms with E-state index >= 15 is 0 Å². The van der Waals surface area contributed by atoms with Crippen molar-refractivity contribution < 1.29 is 0 Å². The van der Waals surface area contributed by atoms with Gasteiger partial charge in [-0.2, -0.15) is 5.10 Å². The predicted molar refractivity (Wildman–Crippen MR) is 74.0 cm³/mol. The minimum Gasteiger partial charge on any atom is -0.305 e. The molecule has 3 rings (SSSR count). The third-order valence-corrected chi connectivity index (χ3v) is 3.06. The maximum absolute atomic E-state index is 12.0. The number of fused-ring (bicyclic) bond motifs is 1. The molecule has 0 unspecified atom stereocenters. The first kappa shape index (κ1) is 11.6. The van der Waals surface area contributed by atoms with Gasteiger partial charge in [-0.3, -0.25) is 9.89 Å². The molecule has 2 heterocycles. The third kappa shape index (κ3) is 1.93. The van der Waals surface area contributed by atoms with Crippen LogP contribution in [0, 0.1) is 0 Å². The van der Waals surface area contributed by atoms with E-state index in [0.29, 0.717) is 16.9 Å². The first-order chi connectivity index (χ1) is 9.16. The zero-order chi connectivity index (χ0) is 13.4. The van der Waals surface area contributed by atoms with Crippen molar-refractivity contribution in [3.63, 3.8) is 0 Å². The molecule has 1 aromatic carbocycles. The van der Waals surface area contributed by atoms with Gasteiger partial charge >= 0.3 is 0 Å². The fraction of sp³-hybridized carbons (Fsp3) is 0.214. The molecule has 0 atom stereocenters. The molecule has 0 amide bonds. The van der Waals surface area contributed by atoms with Crippen LogP contribution in [0.1, 0.15) is 25.5 Å². The molecule has 0 aliphatic carbocycles. The van der Waals surface area contributed by atoms with Gasteiger partial charge < -0.3 is 4.98 Å². The summed E-state index contributed by atoms with van der Waals surface area (Å²) in [4.78, 5) is 19.3. The summed E-state index contributed by atoms with van der Waals surface area (Å²) >= 11 is 0. The van der Waals surface area contributed by atoms with Gasteiger partial charge in [0.25, 0.3) is 5.56 Å². The van der Waals surface area contributed by atoms with Crippen molar-refractivity contribution in [3.05, 3.63) is 46.4 Å². The van der Waals surface area contributed by atoms with Crippen LogP contribution in [0.4, 0.5) is 0 Å². The lowest BCUT2D eigenvalue weighted by molar-refractivity contribution is 0.815. The molecule has 3 aromatic rings. The summed E-state index contributed by atoms with van der Waals surface area (Å²) < 4.78 is 0. The summed E-state index contributed by atoms with van der Waals surface area (Å²) in [6.45, 7) is 4.08. The van der Waals surface area contributed by atoms with Crippen LogP contribution < -0.4 is 5.56 Å². The zero-order valence-corrected chi connectivity index (χ0v) is 10.8. The monoisotopic (exact) mass is 254 g/mol. The van der Waals surface area contributed by atoms with E-state index in [-0.39, 0.29) is 11.5 Å². The molecule has 0 saturated heterocycles. The van der Waals surface area contributed by atoms with Crippen molar-refractivity contribution in [2.75, 3.05) is 0 Å². The number of nitrogens with zero attached hydrogens (tertiary/aromatic N) is 2. The molecular weight excluding hydrogens is 240 g/mol. The maximum Gasteiger partial charge on any atom is 0.279 e. The van der Waals surface area contributed by atoms with Crippen molar-refractivity contribution >= 4 is 11.0 Å². The number of hydrogen-bond donors (Lipinski definition) is 2. The third-order valence-electron chi connectivity index (χ3n) is 3.06. The molecule has 0 aliphatic rings. The Morgan fingerprint density at radius 3 is 2.53 bits per heavy atom. The first-order valence-electron chi connectivity index (χ1n) is 6.20. The molecule has 2 N–H and O–H groups in total. The van der Waals surface area contributed by atoms with Gasteiger partial charge in [0, 0.05) is 5.56 Å². The van der Waals surface area contributed by atoms with Crippen LogP contribution >= 0.6 is 0 Å². The molecule has 96 valence electrons. The Morgan fingerprint density at radius 1 is 1.11 bits per heavy atom. The summed E-state index contributed by atoms with van der Waals surface area (Å²) in [6.07, 6.45) is 0. The second kappa shape index (κ2) is 4.35. The molecule has 0 aliphatic heterocycles. The fourth-order valence-corrected chi connectivity index (χ4v) is 2.06. The Hall–Kier alpha value is -2.43. The smallest absolute Gasteiger partial charge is 0.279 e. The standard InChI is InChI=1S/C14H14N4O/c1-8(2)10-11-12(18-17-10)14(19)16-13(15-11)9-6-4-3-5-7-9/h3-8H,1-2H3,(H,17,18)(H,15,16,19). The van der Waals surface area contributed by atoms with Crippen LogP contribution in [0.25, 0.3) is 22.4 Å². The summed E-state index contributed by atoms with van der Waals surface area (Å²) in [5, 5.41) is 6.94. The Balaban J connectivity index is 2.29. The minimum atomic E-state index is -0.216. The van der Waals surface area contributed by atoms with E-state index in [1.807, 2.05) is 44.2 Å². The first-order valence-corrected chi connectivity index (χ1v) is 6.20. The van der Waals surface area contributed by atoms with Crippen molar-refractivity contribution in [2.24, 2.45) is 0 Å². The van der Waals surface area contributed by atoms with E-state index in [1.54, 1.807) is 0 Å². The van der Waals surface area contributed by atoms with E-state index in [1.165, 1.54) is 0 Å². The van der Waals surface area contributed by atoms with E-state index in [4.69, 9.17) is 0 Å². The minimum absolute atomic E-state index is 0.216. The van der Waals surface area contributed by atoms with Gasteiger partial charge in [-0.25, -0.2) is 4.98 Å². The second-order valence-electron chi connectivity index (χ2n) is 4.77. The summed E-state index contributed by atoms with van der Waals surface area (Å²) in [7, 11) is 0. The lowest BCUT2D eigenvalue weighted by Crippen LogP contribution is -2.09. The van der Waals surface area contributed by atoms with Crippen LogP contribution in [0.3, 0.4) is 0 Å². The van der Waals surface area contributed by atoms with Gasteiger partial charge in [-0.1, -0.05) is 44.2 Å². The topological polar surface area (TPSA) is 74.4 Å². The average molecular weight is 254 g/mol. The van der Waals surface area contributed by atoms with Gasteiger partial charge in [0.1, 0.15) is 11.3 Å². The fourth-order valence-electron chi connectivity index (χ4n) is 2.06. The van der Waals surface area contributed by atoms with Crippen LogP contribution in [-0.2, 0) is 0 Å². The Labute approximate surface area is 109 Å². The molecule has 0 saturated carbocycles. The molecule has 19 heavy (non-hydrogen) atoms. The van der Waals surface area contributed by atoms with Crippen LogP contribution in [-0.4, -0.2) is 20.2 Å². The van der Waals surface area contributed by atoms with Crippen LogP contribution in [0.2, 0.25) is 0 Å². The molecule has 0 spiro atoms. The van der Waals surface area contributed by atoms with Crippen molar-refractivity contribution in [2.45, 2.75) is 19.8 Å². The largest absolute Gasteiger partial charge is 0.305 e. The Kier molecular flexibility index (Phi) is 2.67. The average Bonchev–Trinajstić information content (AvgIpc) is 2.84. The van der Waals surface area contributed by atoms with Gasteiger partial charge in [0.2, 0.25) is 0 Å². The number of aromatic nitrogens is 4. The quantitative estimate of drug-likeness (QED) is 0.737. The lowest BCUT2D eigenvalue weighted by Gasteiger charge is -2.03. The second-order valence-corrected chi connectivity index (χ2v) is 4.77. The number of rotatable bonds is 2. The Morgan fingerprint density at radius 2 is 1.84 bits per heavy atom. The van der Waals surface area contributed by atoms with E-state index in [0.717, 1.165) is 11.3 Å². The predicted octanol–water partition coefficient (Wildman–Crippen LogP) is 2.44. The lowest BCUT2D eigenvalue weighted by atomic mass is 10.1. The van der Waals surface area contributed by atoms with Gasteiger partial charge in [0.15, 0.2) is 5.52 Å². The highest BCUT2D eigenvalue weighted by atomic mass is 16.1. The highest BCUT2D eigenvalue weighted by molar-refractivity contribution is 5.78. The molecular formula is C14H14N4O. The number of benzene rings is 1. The normalized spacial score (nSPS) is 11.3. The van der Waals surface area contributed by atoms with Crippen molar-refractivity contribution in [3.8, 4) is 11.4 Å².